The van der Waals surface area contributed by atoms with E-state index in [9.17, 15) is 0 Å². The second-order valence-electron chi connectivity index (χ2n) is 7.82. The lowest BCUT2D eigenvalue weighted by Gasteiger charge is -2.34. The van der Waals surface area contributed by atoms with E-state index >= 15 is 0 Å². The number of nitrogens with zero attached hydrogens (tertiary/aromatic N) is 2. The van der Waals surface area contributed by atoms with Crippen LogP contribution in [0.5, 0.6) is 0 Å². The molecule has 0 amide bonds. The van der Waals surface area contributed by atoms with E-state index in [1.165, 1.54) is 11.1 Å². The summed E-state index contributed by atoms with van der Waals surface area (Å²) in [6.45, 7) is 15.6. The molecule has 0 aliphatic heterocycles. The van der Waals surface area contributed by atoms with Gasteiger partial charge in [0, 0.05) is 24.2 Å². The van der Waals surface area contributed by atoms with Crippen molar-refractivity contribution in [2.24, 2.45) is 0 Å². The molecule has 0 atom stereocenters. The zero-order chi connectivity index (χ0) is 15.6. The molecule has 0 saturated heterocycles. The zero-order valence-electron chi connectivity index (χ0n) is 14.6. The summed E-state index contributed by atoms with van der Waals surface area (Å²) in [6, 6.07) is 8.81. The molecule has 0 radical (unpaired) electrons. The molecule has 0 heterocycles. The highest BCUT2D eigenvalue weighted by Crippen LogP contribution is 2.21. The van der Waals surface area contributed by atoms with Gasteiger partial charge in [0.1, 0.15) is 0 Å². The molecule has 0 fully saturated rings. The lowest BCUT2D eigenvalue weighted by atomic mass is 10.0. The fourth-order valence-electron chi connectivity index (χ4n) is 1.85. The maximum atomic E-state index is 2.41. The number of hydrogen-bond donors (Lipinski definition) is 0. The summed E-state index contributed by atoms with van der Waals surface area (Å²) in [4.78, 5) is 4.81. The normalized spacial score (nSPS) is 13.3. The third-order valence-corrected chi connectivity index (χ3v) is 4.22. The molecular formula is C18H32N2. The van der Waals surface area contributed by atoms with E-state index in [4.69, 9.17) is 0 Å². The van der Waals surface area contributed by atoms with Gasteiger partial charge in [-0.3, -0.25) is 9.80 Å². The molecule has 2 nitrogen and oxygen atoms in total. The average Bonchev–Trinajstić information content (AvgIpc) is 2.29. The number of hydrogen-bond acceptors (Lipinski definition) is 2. The van der Waals surface area contributed by atoms with E-state index in [0.29, 0.717) is 0 Å². The van der Waals surface area contributed by atoms with Crippen molar-refractivity contribution >= 4 is 0 Å². The summed E-state index contributed by atoms with van der Waals surface area (Å²) in [6.07, 6.45) is 0. The van der Waals surface area contributed by atoms with Crippen LogP contribution >= 0.6 is 0 Å². The summed E-state index contributed by atoms with van der Waals surface area (Å²) in [5.41, 5.74) is 3.26. The van der Waals surface area contributed by atoms with Crippen LogP contribution in [0, 0.1) is 0 Å². The van der Waals surface area contributed by atoms with Crippen LogP contribution in [0.3, 0.4) is 0 Å². The third-order valence-electron chi connectivity index (χ3n) is 4.22. The van der Waals surface area contributed by atoms with Crippen molar-refractivity contribution in [3.8, 4) is 0 Å². The molecule has 2 heteroatoms. The highest BCUT2D eigenvalue weighted by atomic mass is 15.2. The smallest absolute Gasteiger partial charge is 0.0239 e. The molecule has 0 saturated carbocycles. The quantitative estimate of drug-likeness (QED) is 0.815. The third kappa shape index (κ3) is 4.92. The predicted octanol–water partition coefficient (Wildman–Crippen LogP) is 4.15. The van der Waals surface area contributed by atoms with Crippen LogP contribution in [0.15, 0.2) is 24.3 Å². The van der Waals surface area contributed by atoms with Gasteiger partial charge in [-0.2, -0.15) is 0 Å². The maximum Gasteiger partial charge on any atom is 0.0239 e. The fraction of sp³-hybridized carbons (Fsp3) is 0.667. The molecule has 0 aromatic heterocycles. The van der Waals surface area contributed by atoms with Crippen molar-refractivity contribution in [1.82, 2.24) is 9.80 Å². The Morgan fingerprint density at radius 1 is 0.700 bits per heavy atom. The van der Waals surface area contributed by atoms with Crippen LogP contribution in [-0.2, 0) is 13.1 Å². The lowest BCUT2D eigenvalue weighted by molar-refractivity contribution is 0.157. The van der Waals surface area contributed by atoms with Crippen LogP contribution in [0.25, 0.3) is 0 Å². The van der Waals surface area contributed by atoms with Crippen molar-refractivity contribution in [3.63, 3.8) is 0 Å². The predicted molar refractivity (Wildman–Crippen MR) is 88.9 cm³/mol. The fourth-order valence-corrected chi connectivity index (χ4v) is 1.85. The molecule has 0 aliphatic rings. The van der Waals surface area contributed by atoms with E-state index in [1.54, 1.807) is 0 Å². The first-order valence-corrected chi connectivity index (χ1v) is 7.51. The molecule has 1 rings (SSSR count). The summed E-state index contributed by atoms with van der Waals surface area (Å²) in [7, 11) is 4.40. The molecule has 0 aliphatic carbocycles. The first-order valence-electron chi connectivity index (χ1n) is 7.51. The maximum absolute atomic E-state index is 2.41. The van der Waals surface area contributed by atoms with Gasteiger partial charge in [-0.05, 0) is 66.8 Å². The van der Waals surface area contributed by atoms with Gasteiger partial charge in [-0.15, -0.1) is 0 Å². The molecule has 0 N–H and O–H groups in total. The van der Waals surface area contributed by atoms with E-state index in [1.807, 2.05) is 0 Å². The zero-order valence-corrected chi connectivity index (χ0v) is 14.6. The molecule has 114 valence electrons. The van der Waals surface area contributed by atoms with Gasteiger partial charge in [0.2, 0.25) is 0 Å². The number of benzene rings is 1. The second-order valence-corrected chi connectivity index (χ2v) is 7.82. The Morgan fingerprint density at radius 3 is 1.25 bits per heavy atom. The Bertz CT molecular complexity index is 383. The van der Waals surface area contributed by atoms with E-state index in [-0.39, 0.29) is 11.1 Å². The van der Waals surface area contributed by atoms with Gasteiger partial charge < -0.3 is 0 Å². The van der Waals surface area contributed by atoms with Crippen LogP contribution in [-0.4, -0.2) is 35.0 Å². The van der Waals surface area contributed by atoms with Crippen molar-refractivity contribution in [1.29, 1.82) is 0 Å². The Kier molecular flexibility index (Phi) is 5.39. The Morgan fingerprint density at radius 2 is 1.00 bits per heavy atom. The first-order chi connectivity index (χ1) is 9.01. The molecule has 0 unspecified atom stereocenters. The topological polar surface area (TPSA) is 6.48 Å². The van der Waals surface area contributed by atoms with Gasteiger partial charge in [-0.25, -0.2) is 0 Å². The van der Waals surface area contributed by atoms with Crippen molar-refractivity contribution in [2.45, 2.75) is 65.7 Å². The average molecular weight is 276 g/mol. The largest absolute Gasteiger partial charge is 0.297 e. The van der Waals surface area contributed by atoms with Gasteiger partial charge in [-0.1, -0.05) is 24.3 Å². The van der Waals surface area contributed by atoms with E-state index in [2.05, 4.69) is 89.7 Å². The summed E-state index contributed by atoms with van der Waals surface area (Å²) in [5.74, 6) is 0. The summed E-state index contributed by atoms with van der Waals surface area (Å²) in [5, 5.41) is 0. The first kappa shape index (κ1) is 17.2. The molecule has 1 aromatic rings. The lowest BCUT2D eigenvalue weighted by Crippen LogP contribution is -2.39. The minimum atomic E-state index is 0.197. The second kappa shape index (κ2) is 6.28. The summed E-state index contributed by atoms with van der Waals surface area (Å²) >= 11 is 0. The Hall–Kier alpha value is -0.860. The SMILES string of the molecule is CN(Cc1ccccc1CN(C)C(C)(C)C)C(C)(C)C. The molecule has 0 bridgehead atoms. The minimum absolute atomic E-state index is 0.197. The Labute approximate surface area is 125 Å². The highest BCUT2D eigenvalue weighted by Gasteiger charge is 2.20. The van der Waals surface area contributed by atoms with E-state index in [0.717, 1.165) is 13.1 Å². The minimum Gasteiger partial charge on any atom is -0.297 e. The molecule has 0 spiro atoms. The molecule has 20 heavy (non-hydrogen) atoms. The van der Waals surface area contributed by atoms with Crippen molar-refractivity contribution < 1.29 is 0 Å². The van der Waals surface area contributed by atoms with Gasteiger partial charge in [0.15, 0.2) is 0 Å². The standard InChI is InChI=1S/C18H32N2/c1-17(2,3)19(7)13-15-11-9-10-12-16(15)14-20(8)18(4,5)6/h9-12H,13-14H2,1-8H3. The van der Waals surface area contributed by atoms with Crippen LogP contribution in [0.1, 0.15) is 52.7 Å². The van der Waals surface area contributed by atoms with Gasteiger partial charge in [0.05, 0.1) is 0 Å². The van der Waals surface area contributed by atoms with Crippen LogP contribution in [0.2, 0.25) is 0 Å². The molecular weight excluding hydrogens is 244 g/mol. The summed E-state index contributed by atoms with van der Waals surface area (Å²) < 4.78 is 0. The van der Waals surface area contributed by atoms with Gasteiger partial charge >= 0.3 is 0 Å². The van der Waals surface area contributed by atoms with Crippen molar-refractivity contribution in [3.05, 3.63) is 35.4 Å². The number of rotatable bonds is 4. The van der Waals surface area contributed by atoms with Crippen molar-refractivity contribution in [2.75, 3.05) is 14.1 Å². The van der Waals surface area contributed by atoms with Gasteiger partial charge in [0.25, 0.3) is 0 Å². The van der Waals surface area contributed by atoms with Crippen LogP contribution < -0.4 is 0 Å². The highest BCUT2D eigenvalue weighted by molar-refractivity contribution is 5.27. The monoisotopic (exact) mass is 276 g/mol. The van der Waals surface area contributed by atoms with Crippen LogP contribution in [0.4, 0.5) is 0 Å². The Balaban J connectivity index is 2.89. The van der Waals surface area contributed by atoms with E-state index < -0.39 is 0 Å². The molecule has 1 aromatic carbocycles.